The Balaban J connectivity index is 0.00000150. The van der Waals surface area contributed by atoms with E-state index in [-0.39, 0.29) is 31.4 Å². The molecule has 2 amide bonds. The van der Waals surface area contributed by atoms with E-state index in [2.05, 4.69) is 10.6 Å². The number of aliphatic hydroxyl groups is 2. The third kappa shape index (κ3) is 10.7. The number of hydrogen-bond donors (Lipinski definition) is 4. The minimum absolute atomic E-state index is 0.0689. The zero-order valence-electron chi connectivity index (χ0n) is 22.6. The molecule has 36 heavy (non-hydrogen) atoms. The molecule has 0 fully saturated rings. The van der Waals surface area contributed by atoms with Crippen LogP contribution in [0, 0.1) is 11.3 Å². The molecule has 2 aromatic rings. The molecular formula is C28H42N2O6. The van der Waals surface area contributed by atoms with Crippen molar-refractivity contribution >= 4 is 28.6 Å². The van der Waals surface area contributed by atoms with E-state index >= 15 is 0 Å². The van der Waals surface area contributed by atoms with Gasteiger partial charge < -0.3 is 25.6 Å². The Morgan fingerprint density at radius 2 is 1.47 bits per heavy atom. The van der Waals surface area contributed by atoms with Gasteiger partial charge in [-0.15, -0.1) is 0 Å². The second-order valence-corrected chi connectivity index (χ2v) is 10.7. The van der Waals surface area contributed by atoms with E-state index < -0.39 is 28.9 Å². The SMILES string of the molecule is CNC(=O)C(NC(=O)C(CC(=O)OC(C)(C)C)Cc1ccc2ccccc2c1)C(C)(C)C.OCCO. The van der Waals surface area contributed by atoms with Crippen LogP contribution in [0.1, 0.15) is 53.5 Å². The molecule has 2 aromatic carbocycles. The fourth-order valence-electron chi connectivity index (χ4n) is 3.57. The fourth-order valence-corrected chi connectivity index (χ4v) is 3.57. The average molecular weight is 503 g/mol. The van der Waals surface area contributed by atoms with Crippen LogP contribution in [0.15, 0.2) is 42.5 Å². The minimum Gasteiger partial charge on any atom is -0.460 e. The van der Waals surface area contributed by atoms with E-state index in [4.69, 9.17) is 14.9 Å². The van der Waals surface area contributed by atoms with Gasteiger partial charge in [-0.25, -0.2) is 0 Å². The number of rotatable bonds is 8. The van der Waals surface area contributed by atoms with Gasteiger partial charge in [0.25, 0.3) is 0 Å². The summed E-state index contributed by atoms with van der Waals surface area (Å²) in [5.41, 5.74) is -0.189. The van der Waals surface area contributed by atoms with Gasteiger partial charge in [-0.1, -0.05) is 63.2 Å². The van der Waals surface area contributed by atoms with Crippen molar-refractivity contribution in [3.05, 3.63) is 48.0 Å². The molecule has 0 spiro atoms. The summed E-state index contributed by atoms with van der Waals surface area (Å²) in [4.78, 5) is 38.3. The summed E-state index contributed by atoms with van der Waals surface area (Å²) in [6.07, 6.45) is 0.293. The van der Waals surface area contributed by atoms with Gasteiger partial charge in [0, 0.05) is 7.05 Å². The van der Waals surface area contributed by atoms with Crippen molar-refractivity contribution in [3.63, 3.8) is 0 Å². The molecule has 8 nitrogen and oxygen atoms in total. The molecule has 2 unspecified atom stereocenters. The predicted molar refractivity (Wildman–Crippen MR) is 141 cm³/mol. The van der Waals surface area contributed by atoms with Crippen molar-refractivity contribution in [3.8, 4) is 0 Å². The van der Waals surface area contributed by atoms with Gasteiger partial charge in [-0.05, 0) is 48.9 Å². The van der Waals surface area contributed by atoms with Crippen LogP contribution in [0.3, 0.4) is 0 Å². The Morgan fingerprint density at radius 3 is 1.97 bits per heavy atom. The van der Waals surface area contributed by atoms with Crippen molar-refractivity contribution in [1.29, 1.82) is 0 Å². The van der Waals surface area contributed by atoms with E-state index in [1.807, 2.05) is 63.2 Å². The highest BCUT2D eigenvalue weighted by Gasteiger charge is 2.35. The lowest BCUT2D eigenvalue weighted by molar-refractivity contribution is -0.157. The Labute approximate surface area is 214 Å². The molecule has 2 rings (SSSR count). The van der Waals surface area contributed by atoms with Gasteiger partial charge >= 0.3 is 5.97 Å². The van der Waals surface area contributed by atoms with Gasteiger partial charge in [0.05, 0.1) is 25.6 Å². The predicted octanol–water partition coefficient (Wildman–Crippen LogP) is 2.98. The molecule has 0 aliphatic heterocycles. The first-order valence-corrected chi connectivity index (χ1v) is 12.1. The van der Waals surface area contributed by atoms with Crippen LogP contribution < -0.4 is 10.6 Å². The Kier molecular flexibility index (Phi) is 12.0. The average Bonchev–Trinajstić information content (AvgIpc) is 2.79. The lowest BCUT2D eigenvalue weighted by Crippen LogP contribution is -2.54. The maximum Gasteiger partial charge on any atom is 0.307 e. The summed E-state index contributed by atoms with van der Waals surface area (Å²) < 4.78 is 5.47. The number of fused-ring (bicyclic) bond motifs is 1. The van der Waals surface area contributed by atoms with Gasteiger partial charge in [-0.2, -0.15) is 0 Å². The number of carbonyl (C=O) groups excluding carboxylic acids is 3. The minimum atomic E-state index is -0.724. The van der Waals surface area contributed by atoms with Gasteiger partial charge in [0.15, 0.2) is 0 Å². The molecule has 8 heteroatoms. The molecule has 0 aliphatic carbocycles. The van der Waals surface area contributed by atoms with Crippen LogP contribution in [-0.4, -0.2) is 59.9 Å². The standard InChI is InChI=1S/C26H36N2O4.C2H6O2/c1-25(2,3)22(24(31)27-7)28-23(30)20(16-21(29)32-26(4,5)6)15-17-12-13-18-10-8-9-11-19(18)14-17;3-1-2-4/h8-14,20,22H,15-16H2,1-7H3,(H,27,31)(H,28,30);3-4H,1-2H2. The smallest absolute Gasteiger partial charge is 0.307 e. The molecule has 0 aromatic heterocycles. The lowest BCUT2D eigenvalue weighted by Gasteiger charge is -2.31. The summed E-state index contributed by atoms with van der Waals surface area (Å²) in [7, 11) is 1.54. The van der Waals surface area contributed by atoms with Crippen molar-refractivity contribution in [2.24, 2.45) is 11.3 Å². The van der Waals surface area contributed by atoms with E-state index in [0.717, 1.165) is 16.3 Å². The Hall–Kier alpha value is -2.97. The lowest BCUT2D eigenvalue weighted by atomic mass is 9.85. The number of likely N-dealkylation sites (N-methyl/N-ethyl adjacent to an activating group) is 1. The number of ether oxygens (including phenoxy) is 1. The van der Waals surface area contributed by atoms with Gasteiger partial charge in [0.1, 0.15) is 11.6 Å². The molecule has 0 saturated heterocycles. The maximum absolute atomic E-state index is 13.3. The summed E-state index contributed by atoms with van der Waals surface area (Å²) in [6.45, 7) is 10.8. The number of nitrogens with one attached hydrogen (secondary N) is 2. The first-order chi connectivity index (χ1) is 16.7. The largest absolute Gasteiger partial charge is 0.460 e. The molecule has 0 bridgehead atoms. The van der Waals surface area contributed by atoms with Gasteiger partial charge in [-0.3, -0.25) is 14.4 Å². The zero-order chi connectivity index (χ0) is 27.5. The maximum atomic E-state index is 13.3. The highest BCUT2D eigenvalue weighted by molar-refractivity contribution is 5.91. The highest BCUT2D eigenvalue weighted by Crippen LogP contribution is 2.23. The molecule has 4 N–H and O–H groups in total. The molecule has 0 aliphatic rings. The van der Waals surface area contributed by atoms with Crippen LogP contribution in [0.25, 0.3) is 10.8 Å². The molecule has 0 saturated carbocycles. The summed E-state index contributed by atoms with van der Waals surface area (Å²) in [5.74, 6) is -1.72. The monoisotopic (exact) mass is 502 g/mol. The number of amides is 2. The first-order valence-electron chi connectivity index (χ1n) is 12.1. The van der Waals surface area contributed by atoms with E-state index in [1.54, 1.807) is 27.8 Å². The Bertz CT molecular complexity index is 1010. The van der Waals surface area contributed by atoms with Crippen LogP contribution in [0.4, 0.5) is 0 Å². The number of aliphatic hydroxyl groups excluding tert-OH is 2. The zero-order valence-corrected chi connectivity index (χ0v) is 22.6. The Morgan fingerprint density at radius 1 is 0.889 bits per heavy atom. The third-order valence-electron chi connectivity index (χ3n) is 5.26. The number of benzene rings is 2. The number of esters is 1. The number of carbonyl (C=O) groups is 3. The number of hydrogen-bond acceptors (Lipinski definition) is 6. The van der Waals surface area contributed by atoms with E-state index in [1.165, 1.54) is 0 Å². The summed E-state index contributed by atoms with van der Waals surface area (Å²) in [6, 6.07) is 13.3. The summed E-state index contributed by atoms with van der Waals surface area (Å²) >= 11 is 0. The molecule has 0 radical (unpaired) electrons. The van der Waals surface area contributed by atoms with E-state index in [0.29, 0.717) is 6.42 Å². The van der Waals surface area contributed by atoms with Crippen molar-refractivity contribution in [2.45, 2.75) is 66.0 Å². The molecule has 200 valence electrons. The fraction of sp³-hybridized carbons (Fsp3) is 0.536. The topological polar surface area (TPSA) is 125 Å². The van der Waals surface area contributed by atoms with Crippen LogP contribution in [0.2, 0.25) is 0 Å². The van der Waals surface area contributed by atoms with Crippen molar-refractivity contribution in [1.82, 2.24) is 10.6 Å². The van der Waals surface area contributed by atoms with Crippen LogP contribution in [-0.2, 0) is 25.5 Å². The second kappa shape index (κ2) is 13.9. The highest BCUT2D eigenvalue weighted by atomic mass is 16.6. The molecular weight excluding hydrogens is 460 g/mol. The quantitative estimate of drug-likeness (QED) is 0.411. The van der Waals surface area contributed by atoms with Crippen LogP contribution in [0.5, 0.6) is 0 Å². The summed E-state index contributed by atoms with van der Waals surface area (Å²) in [5, 5.41) is 22.9. The third-order valence-corrected chi connectivity index (χ3v) is 5.26. The first kappa shape index (κ1) is 31.1. The van der Waals surface area contributed by atoms with Crippen LogP contribution >= 0.6 is 0 Å². The normalized spacial score (nSPS) is 13.1. The second-order valence-electron chi connectivity index (χ2n) is 10.7. The van der Waals surface area contributed by atoms with Crippen molar-refractivity contribution in [2.75, 3.05) is 20.3 Å². The molecule has 0 heterocycles. The molecule has 2 atom stereocenters. The van der Waals surface area contributed by atoms with Crippen molar-refractivity contribution < 1.29 is 29.3 Å². The van der Waals surface area contributed by atoms with E-state index in [9.17, 15) is 14.4 Å². The van der Waals surface area contributed by atoms with Gasteiger partial charge in [0.2, 0.25) is 11.8 Å².